The summed E-state index contributed by atoms with van der Waals surface area (Å²) in [6, 6.07) is 6.51. The van der Waals surface area contributed by atoms with Gasteiger partial charge in [-0.2, -0.15) is 13.2 Å². The molecule has 34 heavy (non-hydrogen) atoms. The maximum Gasteiger partial charge on any atom is 0.427 e. The van der Waals surface area contributed by atoms with Crippen molar-refractivity contribution in [3.63, 3.8) is 0 Å². The Bertz CT molecular complexity index is 1180. The van der Waals surface area contributed by atoms with E-state index in [1.54, 1.807) is 45.9 Å². The fourth-order valence-electron chi connectivity index (χ4n) is 2.95. The molecule has 0 aliphatic heterocycles. The van der Waals surface area contributed by atoms with Gasteiger partial charge in [-0.25, -0.2) is 19.9 Å². The first kappa shape index (κ1) is 25.6. The van der Waals surface area contributed by atoms with Gasteiger partial charge in [0.15, 0.2) is 11.8 Å². The van der Waals surface area contributed by atoms with Crippen LogP contribution in [-0.4, -0.2) is 44.2 Å². The second-order valence-electron chi connectivity index (χ2n) is 8.40. The molecule has 0 atom stereocenters. The highest BCUT2D eigenvalue weighted by molar-refractivity contribution is 7.98. The van der Waals surface area contributed by atoms with E-state index in [4.69, 9.17) is 9.47 Å². The van der Waals surface area contributed by atoms with Crippen molar-refractivity contribution in [2.24, 2.45) is 0 Å². The van der Waals surface area contributed by atoms with Crippen LogP contribution in [0.5, 0.6) is 5.75 Å². The molecule has 0 saturated heterocycles. The van der Waals surface area contributed by atoms with Crippen LogP contribution in [0.1, 0.15) is 37.6 Å². The number of amides is 1. The van der Waals surface area contributed by atoms with E-state index in [1.807, 2.05) is 0 Å². The molecule has 1 aromatic carbocycles. The maximum atomic E-state index is 12.5. The number of ether oxygens (including phenoxy) is 2. The van der Waals surface area contributed by atoms with E-state index in [1.165, 1.54) is 28.7 Å². The van der Waals surface area contributed by atoms with Gasteiger partial charge in [-0.15, -0.1) is 0 Å². The summed E-state index contributed by atoms with van der Waals surface area (Å²) in [7, 11) is 0. The molecule has 1 amide bonds. The van der Waals surface area contributed by atoms with Crippen molar-refractivity contribution >= 4 is 28.9 Å². The van der Waals surface area contributed by atoms with Gasteiger partial charge in [0.25, 0.3) is 0 Å². The number of carbonyl (C=O) groups excluding carboxylic acids is 1. The lowest BCUT2D eigenvalue weighted by Gasteiger charge is -2.20. The molecule has 0 fully saturated rings. The third-order valence-electron chi connectivity index (χ3n) is 4.46. The zero-order valence-corrected chi connectivity index (χ0v) is 19.9. The van der Waals surface area contributed by atoms with Crippen LogP contribution in [0.3, 0.4) is 0 Å². The van der Waals surface area contributed by atoms with Crippen molar-refractivity contribution < 1.29 is 32.5 Å². The van der Waals surface area contributed by atoms with Gasteiger partial charge in [0.2, 0.25) is 0 Å². The first-order valence-electron chi connectivity index (χ1n) is 10.3. The molecular weight excluding hydrogens is 473 g/mol. The van der Waals surface area contributed by atoms with Crippen LogP contribution in [0.4, 0.5) is 18.0 Å². The molecular formula is C22H25F3N4O4S. The largest absolute Gasteiger partial charge is 0.484 e. The Balaban J connectivity index is 1.87. The number of nitrogens with zero attached hydrogens (tertiary/aromatic N) is 3. The van der Waals surface area contributed by atoms with Crippen LogP contribution >= 0.6 is 11.8 Å². The van der Waals surface area contributed by atoms with E-state index in [0.717, 1.165) is 0 Å². The van der Waals surface area contributed by atoms with Gasteiger partial charge in [0, 0.05) is 17.5 Å². The highest BCUT2D eigenvalue weighted by Crippen LogP contribution is 2.30. The highest BCUT2D eigenvalue weighted by Gasteiger charge is 2.29. The van der Waals surface area contributed by atoms with Crippen molar-refractivity contribution in [2.45, 2.75) is 57.0 Å². The van der Waals surface area contributed by atoms with Crippen molar-refractivity contribution in [1.82, 2.24) is 14.6 Å². The number of aliphatic hydroxyl groups is 1. The number of alkyl halides is 3. The topological polar surface area (TPSA) is 98.5 Å². The van der Waals surface area contributed by atoms with Crippen molar-refractivity contribution in [2.75, 3.05) is 12.0 Å². The fourth-order valence-corrected chi connectivity index (χ4v) is 3.94. The van der Waals surface area contributed by atoms with E-state index >= 15 is 0 Å². The predicted octanol–water partition coefficient (Wildman–Crippen LogP) is 4.94. The highest BCUT2D eigenvalue weighted by atomic mass is 32.2. The van der Waals surface area contributed by atoms with Gasteiger partial charge >= 0.3 is 12.3 Å². The molecule has 12 heteroatoms. The van der Waals surface area contributed by atoms with E-state index in [0.29, 0.717) is 33.0 Å². The van der Waals surface area contributed by atoms with Gasteiger partial charge in [-0.3, -0.25) is 4.98 Å². The number of fused-ring (bicyclic) bond motifs is 1. The first-order chi connectivity index (χ1) is 15.9. The minimum absolute atomic E-state index is 0.0934. The summed E-state index contributed by atoms with van der Waals surface area (Å²) in [4.78, 5) is 21.2. The molecule has 0 spiro atoms. The van der Waals surface area contributed by atoms with Crippen LogP contribution < -0.4 is 10.2 Å². The molecule has 2 aromatic heterocycles. The van der Waals surface area contributed by atoms with Crippen LogP contribution in [0.25, 0.3) is 11.0 Å². The van der Waals surface area contributed by atoms with E-state index < -0.39 is 24.5 Å². The molecule has 3 aromatic rings. The smallest absolute Gasteiger partial charge is 0.427 e. The van der Waals surface area contributed by atoms with Gasteiger partial charge in [-0.05, 0) is 51.5 Å². The molecule has 184 valence electrons. The number of hydrogen-bond donors (Lipinski definition) is 2. The summed E-state index contributed by atoms with van der Waals surface area (Å²) in [5.41, 5.74) is 4.68. The number of benzene rings is 1. The SMILES string of the molecule is Cc1c(OCC(F)(F)F)ccnc1CSc1nc2ccc(CO)cc2n1NC(=O)OC(C)(C)C. The first-order valence-corrected chi connectivity index (χ1v) is 11.2. The summed E-state index contributed by atoms with van der Waals surface area (Å²) in [6.45, 7) is 5.25. The molecule has 0 bridgehead atoms. The third kappa shape index (κ3) is 6.76. The minimum Gasteiger partial charge on any atom is -0.484 e. The third-order valence-corrected chi connectivity index (χ3v) is 5.41. The summed E-state index contributed by atoms with van der Waals surface area (Å²) in [5, 5.41) is 9.90. The second-order valence-corrected chi connectivity index (χ2v) is 9.34. The van der Waals surface area contributed by atoms with E-state index in [2.05, 4.69) is 15.4 Å². The summed E-state index contributed by atoms with van der Waals surface area (Å²) in [6.07, 6.45) is -3.76. The Morgan fingerprint density at radius 1 is 1.24 bits per heavy atom. The zero-order valence-electron chi connectivity index (χ0n) is 19.1. The van der Waals surface area contributed by atoms with Gasteiger partial charge < -0.3 is 14.6 Å². The monoisotopic (exact) mass is 498 g/mol. The Kier molecular flexibility index (Phi) is 7.61. The molecule has 2 N–H and O–H groups in total. The lowest BCUT2D eigenvalue weighted by atomic mass is 10.2. The Labute approximate surface area is 198 Å². The van der Waals surface area contributed by atoms with Crippen LogP contribution in [0, 0.1) is 6.92 Å². The average molecular weight is 499 g/mol. The number of imidazole rings is 1. The standard InChI is InChI=1S/C22H25F3N4O4S/c1-13-16(26-8-7-18(13)32-12-22(23,24)25)11-34-19-27-15-6-5-14(10-30)9-17(15)29(19)28-20(31)33-21(2,3)4/h5-9,30H,10-12H2,1-4H3,(H,28,31). The van der Waals surface area contributed by atoms with Crippen LogP contribution in [0.15, 0.2) is 35.6 Å². The summed E-state index contributed by atoms with van der Waals surface area (Å²) >= 11 is 1.22. The number of pyridine rings is 1. The molecule has 0 aliphatic carbocycles. The lowest BCUT2D eigenvalue weighted by molar-refractivity contribution is -0.153. The van der Waals surface area contributed by atoms with Crippen molar-refractivity contribution in [1.29, 1.82) is 0 Å². The Morgan fingerprint density at radius 3 is 2.62 bits per heavy atom. The fraction of sp³-hybridized carbons (Fsp3) is 0.409. The Hall–Kier alpha value is -2.99. The van der Waals surface area contributed by atoms with E-state index in [9.17, 15) is 23.1 Å². The Morgan fingerprint density at radius 2 is 1.97 bits per heavy atom. The van der Waals surface area contributed by atoms with Crippen LogP contribution in [-0.2, 0) is 17.1 Å². The zero-order chi connectivity index (χ0) is 25.1. The minimum atomic E-state index is -4.45. The normalized spacial score (nSPS) is 12.1. The molecule has 0 saturated carbocycles. The van der Waals surface area contributed by atoms with Crippen LogP contribution in [0.2, 0.25) is 0 Å². The number of halogens is 3. The van der Waals surface area contributed by atoms with E-state index in [-0.39, 0.29) is 18.1 Å². The van der Waals surface area contributed by atoms with Gasteiger partial charge in [-0.1, -0.05) is 17.8 Å². The maximum absolute atomic E-state index is 12.5. The lowest BCUT2D eigenvalue weighted by Crippen LogP contribution is -2.31. The van der Waals surface area contributed by atoms with Gasteiger partial charge in [0.1, 0.15) is 11.4 Å². The summed E-state index contributed by atoms with van der Waals surface area (Å²) < 4.78 is 49.3. The number of aromatic nitrogens is 3. The molecule has 3 rings (SSSR count). The number of hydrogen-bond acceptors (Lipinski definition) is 7. The number of rotatable bonds is 7. The summed E-state index contributed by atoms with van der Waals surface area (Å²) in [5.74, 6) is 0.345. The number of aliphatic hydroxyl groups excluding tert-OH is 1. The number of carbonyl (C=O) groups is 1. The quantitative estimate of drug-likeness (QED) is 0.445. The predicted molar refractivity (Wildman–Crippen MR) is 121 cm³/mol. The molecule has 0 aliphatic rings. The molecule has 0 radical (unpaired) electrons. The van der Waals surface area contributed by atoms with Gasteiger partial charge in [0.05, 0.1) is 23.3 Å². The molecule has 0 unspecified atom stereocenters. The average Bonchev–Trinajstić information content (AvgIpc) is 3.06. The number of nitrogens with one attached hydrogen (secondary N) is 1. The second kappa shape index (κ2) is 10.1. The number of thioether (sulfide) groups is 1. The molecule has 2 heterocycles. The van der Waals surface area contributed by atoms with Crippen molar-refractivity contribution in [3.05, 3.63) is 47.3 Å². The molecule has 8 nitrogen and oxygen atoms in total. The van der Waals surface area contributed by atoms with Crippen molar-refractivity contribution in [3.8, 4) is 5.75 Å².